The number of carbonyl (C=O) groups is 1. The van der Waals surface area contributed by atoms with Gasteiger partial charge in [0, 0.05) is 18.9 Å². The lowest BCUT2D eigenvalue weighted by molar-refractivity contribution is -0.273. The van der Waals surface area contributed by atoms with Crippen molar-refractivity contribution in [3.63, 3.8) is 0 Å². The highest BCUT2D eigenvalue weighted by Gasteiger charge is 2.69. The third-order valence-corrected chi connectivity index (χ3v) is 14.5. The number of unbranched alkanes of at least 4 members (excludes halogenated alkanes) is 7. The zero-order chi connectivity index (χ0) is 31.0. The summed E-state index contributed by atoms with van der Waals surface area (Å²) in [5.41, 5.74) is 0.764. The highest BCUT2D eigenvalue weighted by molar-refractivity contribution is 5.70. The average Bonchev–Trinajstić information content (AvgIpc) is 3.45. The second-order valence-electron chi connectivity index (χ2n) is 17.1. The van der Waals surface area contributed by atoms with E-state index in [4.69, 9.17) is 18.9 Å². The van der Waals surface area contributed by atoms with Crippen LogP contribution in [0, 0.1) is 52.3 Å². The van der Waals surface area contributed by atoms with Gasteiger partial charge in [0.2, 0.25) is 0 Å². The summed E-state index contributed by atoms with van der Waals surface area (Å²) in [4.78, 5) is 12.7. The monoisotopic (exact) mass is 614 g/mol. The molecule has 0 aromatic heterocycles. The Morgan fingerprint density at radius 3 is 2.32 bits per heavy atom. The van der Waals surface area contributed by atoms with Gasteiger partial charge in [-0.25, -0.2) is 4.79 Å². The number of carbonyl (C=O) groups excluding carboxylic acids is 1. The summed E-state index contributed by atoms with van der Waals surface area (Å²) in [6.45, 7) is 14.0. The van der Waals surface area contributed by atoms with Crippen molar-refractivity contribution in [2.24, 2.45) is 52.3 Å². The summed E-state index contributed by atoms with van der Waals surface area (Å²) < 4.78 is 25.3. The quantitative estimate of drug-likeness (QED) is 0.162. The van der Waals surface area contributed by atoms with Crippen molar-refractivity contribution in [3.8, 4) is 0 Å². The van der Waals surface area contributed by atoms with E-state index in [0.717, 1.165) is 50.0 Å². The van der Waals surface area contributed by atoms with Crippen molar-refractivity contribution in [2.45, 2.75) is 168 Å². The Bertz CT molecular complexity index is 958. The van der Waals surface area contributed by atoms with Crippen LogP contribution in [0.25, 0.3) is 0 Å². The highest BCUT2D eigenvalue weighted by atomic mass is 16.7. The molecule has 1 spiro atoms. The predicted octanol–water partition coefficient (Wildman–Crippen LogP) is 9.50. The zero-order valence-electron chi connectivity index (χ0n) is 29.1. The van der Waals surface area contributed by atoms with E-state index in [2.05, 4.69) is 34.6 Å². The lowest BCUT2D eigenvalue weighted by Gasteiger charge is -2.61. The molecule has 2 saturated heterocycles. The maximum absolute atomic E-state index is 12.7. The van der Waals surface area contributed by atoms with Gasteiger partial charge in [-0.2, -0.15) is 0 Å². The number of esters is 1. The third-order valence-electron chi connectivity index (χ3n) is 14.5. The molecular formula is C39H66O5. The molecule has 0 amide bonds. The molecule has 2 heterocycles. The summed E-state index contributed by atoms with van der Waals surface area (Å²) in [5.74, 6) is 4.41. The second kappa shape index (κ2) is 13.8. The fraction of sp³-hybridized carbons (Fsp3) is 0.974. The van der Waals surface area contributed by atoms with Crippen molar-refractivity contribution >= 4 is 5.97 Å². The molecule has 0 aromatic carbocycles. The van der Waals surface area contributed by atoms with Crippen LogP contribution in [-0.2, 0) is 23.7 Å². The number of ether oxygens (including phenoxy) is 4. The van der Waals surface area contributed by atoms with Crippen molar-refractivity contribution in [1.29, 1.82) is 0 Å². The van der Waals surface area contributed by atoms with E-state index in [1.54, 1.807) is 0 Å². The van der Waals surface area contributed by atoms with E-state index in [-0.39, 0.29) is 24.5 Å². The fourth-order valence-electron chi connectivity index (χ4n) is 12.1. The van der Waals surface area contributed by atoms with Crippen LogP contribution in [0.15, 0.2) is 0 Å². The summed E-state index contributed by atoms with van der Waals surface area (Å²) >= 11 is 0. The molecule has 0 N–H and O–H groups in total. The van der Waals surface area contributed by atoms with Crippen LogP contribution in [0.4, 0.5) is 0 Å². The van der Waals surface area contributed by atoms with Crippen LogP contribution in [0.1, 0.15) is 150 Å². The Hall–Kier alpha value is -0.650. The molecule has 12 unspecified atom stereocenters. The minimum Gasteiger partial charge on any atom is -0.461 e. The van der Waals surface area contributed by atoms with Gasteiger partial charge in [-0.1, -0.05) is 79.6 Å². The SMILES string of the molecule is CCCCCCCCCCOCC(=O)OC1CCC2(C)C(CCC3C2CCC2(C)C3CC3OC4(CCC(C)CO4)C(C)C32)C1. The Labute approximate surface area is 269 Å². The topological polar surface area (TPSA) is 54.0 Å². The van der Waals surface area contributed by atoms with Gasteiger partial charge in [-0.05, 0) is 111 Å². The molecule has 6 rings (SSSR count). The van der Waals surface area contributed by atoms with Crippen LogP contribution in [0.5, 0.6) is 0 Å². The van der Waals surface area contributed by atoms with E-state index in [1.165, 1.54) is 89.9 Å². The first-order chi connectivity index (χ1) is 21.2. The molecule has 0 aromatic rings. The van der Waals surface area contributed by atoms with Gasteiger partial charge in [0.05, 0.1) is 12.7 Å². The number of rotatable bonds is 12. The maximum atomic E-state index is 12.7. The second-order valence-corrected chi connectivity index (χ2v) is 17.1. The third kappa shape index (κ3) is 6.30. The van der Waals surface area contributed by atoms with Crippen molar-refractivity contribution in [3.05, 3.63) is 0 Å². The van der Waals surface area contributed by atoms with Crippen LogP contribution in [-0.4, -0.2) is 43.8 Å². The first-order valence-corrected chi connectivity index (χ1v) is 19.3. The Morgan fingerprint density at radius 1 is 0.818 bits per heavy atom. The molecule has 2 aliphatic heterocycles. The van der Waals surface area contributed by atoms with Gasteiger partial charge < -0.3 is 18.9 Å². The molecule has 6 fully saturated rings. The van der Waals surface area contributed by atoms with E-state index in [1.807, 2.05) is 0 Å². The molecule has 5 nitrogen and oxygen atoms in total. The largest absolute Gasteiger partial charge is 0.461 e. The summed E-state index contributed by atoms with van der Waals surface area (Å²) in [6, 6.07) is 0. The summed E-state index contributed by atoms with van der Waals surface area (Å²) in [5, 5.41) is 0. The normalized spacial score (nSPS) is 46.2. The van der Waals surface area contributed by atoms with E-state index < -0.39 is 0 Å². The molecule has 12 atom stereocenters. The molecule has 252 valence electrons. The van der Waals surface area contributed by atoms with Gasteiger partial charge in [0.25, 0.3) is 0 Å². The van der Waals surface area contributed by atoms with Crippen molar-refractivity contribution in [2.75, 3.05) is 19.8 Å². The molecule has 6 aliphatic rings. The minimum absolute atomic E-state index is 0.0761. The predicted molar refractivity (Wildman–Crippen MR) is 175 cm³/mol. The molecule has 4 aliphatic carbocycles. The van der Waals surface area contributed by atoms with Gasteiger partial charge in [0.15, 0.2) is 5.79 Å². The van der Waals surface area contributed by atoms with Gasteiger partial charge in [-0.3, -0.25) is 0 Å². The summed E-state index contributed by atoms with van der Waals surface area (Å²) in [6.07, 6.45) is 22.9. The Kier molecular flexibility index (Phi) is 10.5. The molecular weight excluding hydrogens is 548 g/mol. The van der Waals surface area contributed by atoms with Gasteiger partial charge in [-0.15, -0.1) is 0 Å². The molecule has 44 heavy (non-hydrogen) atoms. The number of hydrogen-bond acceptors (Lipinski definition) is 5. The Morgan fingerprint density at radius 2 is 1.57 bits per heavy atom. The van der Waals surface area contributed by atoms with E-state index in [9.17, 15) is 4.79 Å². The lowest BCUT2D eigenvalue weighted by atomic mass is 9.44. The Balaban J connectivity index is 0.960. The van der Waals surface area contributed by atoms with E-state index >= 15 is 0 Å². The highest BCUT2D eigenvalue weighted by Crippen LogP contribution is 2.71. The smallest absolute Gasteiger partial charge is 0.332 e. The van der Waals surface area contributed by atoms with Crippen LogP contribution in [0.3, 0.4) is 0 Å². The first kappa shape index (κ1) is 33.3. The van der Waals surface area contributed by atoms with Crippen LogP contribution < -0.4 is 0 Å². The van der Waals surface area contributed by atoms with Crippen LogP contribution in [0.2, 0.25) is 0 Å². The number of hydrogen-bond donors (Lipinski definition) is 0. The van der Waals surface area contributed by atoms with Crippen molar-refractivity contribution < 1.29 is 23.7 Å². The molecule has 0 radical (unpaired) electrons. The van der Waals surface area contributed by atoms with Gasteiger partial charge >= 0.3 is 5.97 Å². The molecule has 5 heteroatoms. The zero-order valence-corrected chi connectivity index (χ0v) is 29.1. The van der Waals surface area contributed by atoms with Crippen LogP contribution >= 0.6 is 0 Å². The van der Waals surface area contributed by atoms with E-state index in [0.29, 0.717) is 47.2 Å². The number of fused-ring (bicyclic) bond motifs is 7. The summed E-state index contributed by atoms with van der Waals surface area (Å²) in [7, 11) is 0. The standard InChI is InChI=1S/C39H66O5/c1-6-7-8-9-10-11-12-13-22-41-26-35(40)43-30-17-19-37(4)29(23-30)14-15-31-32(37)18-20-38(5)33(31)24-34-36(38)28(3)39(44-34)21-16-27(2)25-42-39/h27-34,36H,6-26H2,1-5H3. The molecule has 0 bridgehead atoms. The molecule has 4 saturated carbocycles. The minimum atomic E-state index is -0.315. The first-order valence-electron chi connectivity index (χ1n) is 19.3. The average molecular weight is 615 g/mol. The fourth-order valence-corrected chi connectivity index (χ4v) is 12.1. The van der Waals surface area contributed by atoms with Crippen molar-refractivity contribution in [1.82, 2.24) is 0 Å². The van der Waals surface area contributed by atoms with Gasteiger partial charge in [0.1, 0.15) is 12.7 Å². The lowest BCUT2D eigenvalue weighted by Crippen LogP contribution is -2.55. The maximum Gasteiger partial charge on any atom is 0.332 e.